The molecule has 65 heavy (non-hydrogen) atoms. The highest BCUT2D eigenvalue weighted by Gasteiger charge is 2.22. The number of thiophene rings is 2. The van der Waals surface area contributed by atoms with Crippen LogP contribution in [0.5, 0.6) is 0 Å². The molecule has 3 aromatic carbocycles. The standard InChI is InChI=1S/C54H64N2O2S3.CHCl3/c1-3-5-7-9-11-13-15-17-19-21-29-41-37-49(59-53(41)47-35-39-27-23-25-31-45(39)57-47)43-33-34-44(52-51(43)55-61-56-52)50-38-42(30-22-20-18-16-14-12-10-8-6-4-2)54(60-50)48-36-40-28-24-26-32-46(40)58-48;2-1(3)4/h23-28,31-38H,3-22,29-30H2,1-2H3;1H. The Morgan fingerprint density at radius 3 is 1.18 bits per heavy atom. The van der Waals surface area contributed by atoms with Gasteiger partial charge in [-0.25, -0.2) is 0 Å². The zero-order valence-electron chi connectivity index (χ0n) is 38.3. The van der Waals surface area contributed by atoms with Gasteiger partial charge in [-0.15, -0.1) is 22.7 Å². The number of halogens is 3. The SMILES string of the molecule is CCCCCCCCCCCCc1cc(-c2ccc(-c3cc(CCCCCCCCCCCC)c(-c4cc5ccccc5o4)s3)c3nsnc23)sc1-c1cc2ccccc2o1.ClC(Cl)Cl. The number of aryl methyl sites for hydroxylation is 2. The van der Waals surface area contributed by atoms with E-state index in [-0.39, 0.29) is 0 Å². The maximum absolute atomic E-state index is 6.51. The molecule has 346 valence electrons. The van der Waals surface area contributed by atoms with Crippen LogP contribution in [0.15, 0.2) is 93.8 Å². The molecule has 10 heteroatoms. The lowest BCUT2D eigenvalue weighted by atomic mass is 10.0. The van der Waals surface area contributed by atoms with Gasteiger partial charge in [0.15, 0.2) is 4.30 Å². The van der Waals surface area contributed by atoms with E-state index < -0.39 is 4.30 Å². The highest BCUT2D eigenvalue weighted by atomic mass is 35.6. The summed E-state index contributed by atoms with van der Waals surface area (Å²) < 4.78 is 22.2. The molecular weight excluding hydrogens is 923 g/mol. The molecule has 5 aromatic heterocycles. The van der Waals surface area contributed by atoms with Crippen molar-refractivity contribution >= 4 is 102 Å². The smallest absolute Gasteiger partial charge is 0.180 e. The van der Waals surface area contributed by atoms with Gasteiger partial charge >= 0.3 is 0 Å². The molecule has 4 nitrogen and oxygen atoms in total. The Bertz CT molecular complexity index is 2390. The van der Waals surface area contributed by atoms with E-state index in [0.29, 0.717) is 0 Å². The van der Waals surface area contributed by atoms with E-state index in [4.69, 9.17) is 52.4 Å². The van der Waals surface area contributed by atoms with Gasteiger partial charge in [-0.05, 0) is 73.2 Å². The zero-order chi connectivity index (χ0) is 45.2. The second-order valence-electron chi connectivity index (χ2n) is 17.5. The van der Waals surface area contributed by atoms with Crippen LogP contribution in [0.25, 0.3) is 75.1 Å². The monoisotopic (exact) mass is 986 g/mol. The number of hydrogen-bond acceptors (Lipinski definition) is 7. The Kier molecular flexibility index (Phi) is 20.2. The summed E-state index contributed by atoms with van der Waals surface area (Å²) in [4.78, 5) is 4.95. The fraction of sp³-hybridized carbons (Fsp3) is 0.455. The molecule has 0 aliphatic carbocycles. The minimum absolute atomic E-state index is 0.750. The van der Waals surface area contributed by atoms with Crippen LogP contribution < -0.4 is 0 Å². The van der Waals surface area contributed by atoms with Crippen molar-refractivity contribution in [2.75, 3.05) is 0 Å². The first-order valence-electron chi connectivity index (χ1n) is 24.3. The number of rotatable bonds is 26. The first-order valence-corrected chi connectivity index (χ1v) is 28.0. The third kappa shape index (κ3) is 14.2. The number of fused-ring (bicyclic) bond motifs is 3. The van der Waals surface area contributed by atoms with Crippen molar-refractivity contribution in [2.24, 2.45) is 0 Å². The molecule has 0 spiro atoms. The van der Waals surface area contributed by atoms with Crippen molar-refractivity contribution in [1.82, 2.24) is 8.75 Å². The number of aromatic nitrogens is 2. The summed E-state index contributed by atoms with van der Waals surface area (Å²) in [6.45, 7) is 4.59. The fourth-order valence-electron chi connectivity index (χ4n) is 8.97. The number of benzene rings is 3. The van der Waals surface area contributed by atoms with Crippen LogP contribution in [0.1, 0.15) is 153 Å². The number of alkyl halides is 3. The Morgan fingerprint density at radius 2 is 0.815 bits per heavy atom. The average Bonchev–Trinajstić information content (AvgIpc) is 4.16. The molecule has 0 unspecified atom stereocenters. The Balaban J connectivity index is 0.00000151. The number of unbranched alkanes of at least 4 members (excludes halogenated alkanes) is 18. The maximum Gasteiger partial charge on any atom is 0.180 e. The van der Waals surface area contributed by atoms with Crippen molar-refractivity contribution in [3.8, 4) is 42.2 Å². The van der Waals surface area contributed by atoms with Gasteiger partial charge in [0.1, 0.15) is 33.7 Å². The van der Waals surface area contributed by atoms with Crippen LogP contribution in [0.4, 0.5) is 0 Å². The third-order valence-corrected chi connectivity index (χ3v) is 15.4. The Morgan fingerprint density at radius 1 is 0.462 bits per heavy atom. The van der Waals surface area contributed by atoms with Crippen LogP contribution in [0, 0.1) is 0 Å². The van der Waals surface area contributed by atoms with E-state index in [1.165, 1.54) is 171 Å². The normalized spacial score (nSPS) is 11.7. The highest BCUT2D eigenvalue weighted by molar-refractivity contribution is 7.19. The van der Waals surface area contributed by atoms with Crippen molar-refractivity contribution in [1.29, 1.82) is 0 Å². The van der Waals surface area contributed by atoms with Gasteiger partial charge in [0.25, 0.3) is 0 Å². The van der Waals surface area contributed by atoms with E-state index in [1.807, 2.05) is 22.7 Å². The largest absolute Gasteiger partial charge is 0.455 e. The molecule has 0 saturated carbocycles. The van der Waals surface area contributed by atoms with Crippen LogP contribution >= 0.6 is 69.2 Å². The summed E-state index contributed by atoms with van der Waals surface area (Å²) in [5.41, 5.74) is 8.93. The van der Waals surface area contributed by atoms with Gasteiger partial charge < -0.3 is 8.83 Å². The molecule has 0 saturated heterocycles. The Labute approximate surface area is 414 Å². The molecule has 8 rings (SSSR count). The molecular formula is C55H65Cl3N2O2S3. The molecule has 0 fully saturated rings. The van der Waals surface area contributed by atoms with Crippen molar-refractivity contribution in [3.05, 3.63) is 96.1 Å². The first-order chi connectivity index (χ1) is 31.9. The lowest BCUT2D eigenvalue weighted by Crippen LogP contribution is -1.87. The van der Waals surface area contributed by atoms with Gasteiger partial charge in [-0.2, -0.15) is 8.75 Å². The molecule has 0 N–H and O–H groups in total. The van der Waals surface area contributed by atoms with Crippen LogP contribution in [0.3, 0.4) is 0 Å². The molecule has 0 amide bonds. The molecule has 0 atom stereocenters. The summed E-state index contributed by atoms with van der Waals surface area (Å²) >= 11 is 19.4. The third-order valence-electron chi connectivity index (χ3n) is 12.5. The van der Waals surface area contributed by atoms with Gasteiger partial charge in [0, 0.05) is 31.7 Å². The van der Waals surface area contributed by atoms with Crippen LogP contribution in [-0.4, -0.2) is 13.0 Å². The minimum Gasteiger partial charge on any atom is -0.455 e. The summed E-state index contributed by atoms with van der Waals surface area (Å²) in [5.74, 6) is 1.94. The van der Waals surface area contributed by atoms with Gasteiger partial charge in [0.2, 0.25) is 0 Å². The number of hydrogen-bond donors (Lipinski definition) is 0. The minimum atomic E-state index is -0.750. The number of para-hydroxylation sites is 2. The molecule has 0 bridgehead atoms. The van der Waals surface area contributed by atoms with Gasteiger partial charge in [-0.1, -0.05) is 213 Å². The highest BCUT2D eigenvalue weighted by Crippen LogP contribution is 2.47. The first kappa shape index (κ1) is 49.7. The lowest BCUT2D eigenvalue weighted by molar-refractivity contribution is 0.556. The summed E-state index contributed by atoms with van der Waals surface area (Å²) in [5, 5.41) is 2.30. The van der Waals surface area contributed by atoms with E-state index >= 15 is 0 Å². The fourth-order valence-corrected chi connectivity index (χ4v) is 11.9. The summed E-state index contributed by atoms with van der Waals surface area (Å²) in [6.07, 6.45) is 28.9. The van der Waals surface area contributed by atoms with E-state index in [9.17, 15) is 0 Å². The van der Waals surface area contributed by atoms with E-state index in [2.05, 4.69) is 98.8 Å². The van der Waals surface area contributed by atoms with E-state index in [1.54, 1.807) is 0 Å². The van der Waals surface area contributed by atoms with Gasteiger partial charge in [0.05, 0.1) is 21.5 Å². The molecule has 0 radical (unpaired) electrons. The maximum atomic E-state index is 6.51. The molecule has 5 heterocycles. The molecule has 0 aliphatic rings. The zero-order valence-corrected chi connectivity index (χ0v) is 43.0. The summed E-state index contributed by atoms with van der Waals surface area (Å²) in [6, 6.07) is 30.6. The second kappa shape index (κ2) is 26.4. The van der Waals surface area contributed by atoms with Crippen molar-refractivity contribution in [3.63, 3.8) is 0 Å². The lowest BCUT2D eigenvalue weighted by Gasteiger charge is -2.04. The second-order valence-corrected chi connectivity index (χ2v) is 22.1. The quantitative estimate of drug-likeness (QED) is 0.0401. The van der Waals surface area contributed by atoms with Crippen LogP contribution in [0.2, 0.25) is 0 Å². The number of nitrogens with zero attached hydrogens (tertiary/aromatic N) is 2. The van der Waals surface area contributed by atoms with E-state index in [0.717, 1.165) is 68.5 Å². The van der Waals surface area contributed by atoms with Crippen molar-refractivity contribution in [2.45, 2.75) is 159 Å². The summed E-state index contributed by atoms with van der Waals surface area (Å²) in [7, 11) is 0. The van der Waals surface area contributed by atoms with Crippen LogP contribution in [-0.2, 0) is 12.8 Å². The predicted octanol–water partition coefficient (Wildman–Crippen LogP) is 20.9. The molecule has 0 aliphatic heterocycles. The van der Waals surface area contributed by atoms with Crippen molar-refractivity contribution < 1.29 is 8.83 Å². The van der Waals surface area contributed by atoms with Gasteiger partial charge in [-0.3, -0.25) is 0 Å². The molecule has 8 aromatic rings. The number of furan rings is 2. The predicted molar refractivity (Wildman–Crippen MR) is 287 cm³/mol. The topological polar surface area (TPSA) is 52.1 Å². The Hall–Kier alpha value is -3.17. The average molecular weight is 989 g/mol.